The normalized spacial score (nSPS) is 31.3. The smallest absolute Gasteiger partial charge is 0.152 e. The van der Waals surface area contributed by atoms with Crippen molar-refractivity contribution in [3.05, 3.63) is 17.0 Å². The Bertz CT molecular complexity index is 632. The quantitative estimate of drug-likeness (QED) is 0.844. The van der Waals surface area contributed by atoms with Crippen molar-refractivity contribution in [2.24, 2.45) is 0 Å². The number of aliphatic hydroxyl groups excluding tert-OH is 1. The van der Waals surface area contributed by atoms with Crippen LogP contribution in [0.15, 0.2) is 0 Å². The summed E-state index contributed by atoms with van der Waals surface area (Å²) in [7, 11) is -2.89. The molecule has 0 radical (unpaired) electrons. The van der Waals surface area contributed by atoms with Gasteiger partial charge in [0.2, 0.25) is 0 Å². The van der Waals surface area contributed by atoms with Gasteiger partial charge >= 0.3 is 0 Å². The molecule has 21 heavy (non-hydrogen) atoms. The molecule has 0 amide bonds. The molecule has 1 saturated carbocycles. The maximum absolute atomic E-state index is 11.6. The van der Waals surface area contributed by atoms with Gasteiger partial charge in [0, 0.05) is 23.8 Å². The van der Waals surface area contributed by atoms with Gasteiger partial charge in [0.05, 0.1) is 29.3 Å². The van der Waals surface area contributed by atoms with Crippen molar-refractivity contribution >= 4 is 9.84 Å². The molecule has 7 heteroatoms. The molecule has 3 rings (SSSR count). The van der Waals surface area contributed by atoms with Crippen molar-refractivity contribution in [3.8, 4) is 0 Å². The fraction of sp³-hybridized carbons (Fsp3) is 0.786. The first-order valence-electron chi connectivity index (χ1n) is 7.52. The Hall–Kier alpha value is -0.920. The van der Waals surface area contributed by atoms with Crippen molar-refractivity contribution < 1.29 is 13.5 Å². The molecule has 6 nitrogen and oxygen atoms in total. The molecular formula is C14H23N3O3S. The summed E-state index contributed by atoms with van der Waals surface area (Å²) in [6, 6.07) is 0.363. The summed E-state index contributed by atoms with van der Waals surface area (Å²) in [5.41, 5.74) is 3.17. The monoisotopic (exact) mass is 313 g/mol. The van der Waals surface area contributed by atoms with Crippen molar-refractivity contribution in [2.45, 2.75) is 57.8 Å². The molecule has 0 aromatic carbocycles. The highest BCUT2D eigenvalue weighted by molar-refractivity contribution is 7.91. The number of aromatic nitrogens is 2. The third-order valence-electron chi connectivity index (χ3n) is 4.71. The summed E-state index contributed by atoms with van der Waals surface area (Å²) in [6.07, 6.45) is 2.13. The average molecular weight is 313 g/mol. The molecule has 0 bridgehead atoms. The van der Waals surface area contributed by atoms with Gasteiger partial charge in [-0.25, -0.2) is 8.42 Å². The maximum Gasteiger partial charge on any atom is 0.152 e. The summed E-state index contributed by atoms with van der Waals surface area (Å²) < 4.78 is 25.2. The first-order chi connectivity index (χ1) is 9.85. The Morgan fingerprint density at radius 2 is 2.10 bits per heavy atom. The molecule has 1 aliphatic carbocycles. The van der Waals surface area contributed by atoms with Gasteiger partial charge in [-0.05, 0) is 33.1 Å². The molecule has 1 aromatic heterocycles. The van der Waals surface area contributed by atoms with Crippen molar-refractivity contribution in [1.82, 2.24) is 15.1 Å². The second-order valence-corrected chi connectivity index (χ2v) is 8.58. The number of hydrogen-bond acceptors (Lipinski definition) is 5. The van der Waals surface area contributed by atoms with Crippen LogP contribution in [0.3, 0.4) is 0 Å². The van der Waals surface area contributed by atoms with Crippen LogP contribution in [-0.4, -0.2) is 47.0 Å². The number of nitrogens with one attached hydrogen (secondary N) is 1. The second kappa shape index (κ2) is 5.37. The molecule has 1 unspecified atom stereocenters. The Labute approximate surface area is 125 Å². The lowest BCUT2D eigenvalue weighted by Gasteiger charge is -2.32. The van der Waals surface area contributed by atoms with Crippen molar-refractivity contribution in [3.63, 3.8) is 0 Å². The SMILES string of the molecule is Cc1nn(C2CCS(=O)(=O)C2)c(C)c1CNC1CC(O)C1. The van der Waals surface area contributed by atoms with Crippen LogP contribution >= 0.6 is 0 Å². The molecular weight excluding hydrogens is 290 g/mol. The number of hydrogen-bond donors (Lipinski definition) is 2. The molecule has 2 aliphatic rings. The van der Waals surface area contributed by atoms with E-state index in [1.807, 2.05) is 18.5 Å². The minimum atomic E-state index is -2.89. The Morgan fingerprint density at radius 3 is 2.67 bits per heavy atom. The van der Waals surface area contributed by atoms with Gasteiger partial charge in [-0.3, -0.25) is 4.68 Å². The molecule has 1 atom stereocenters. The van der Waals surface area contributed by atoms with Crippen LogP contribution in [0.5, 0.6) is 0 Å². The molecule has 0 spiro atoms. The highest BCUT2D eigenvalue weighted by atomic mass is 32.2. The Balaban J connectivity index is 1.71. The van der Waals surface area contributed by atoms with Crippen LogP contribution in [0.1, 0.15) is 42.3 Å². The lowest BCUT2D eigenvalue weighted by molar-refractivity contribution is 0.0619. The third-order valence-corrected chi connectivity index (χ3v) is 6.46. The maximum atomic E-state index is 11.6. The fourth-order valence-corrected chi connectivity index (χ4v) is 4.97. The van der Waals surface area contributed by atoms with E-state index in [4.69, 9.17) is 0 Å². The highest BCUT2D eigenvalue weighted by Gasteiger charge is 2.32. The van der Waals surface area contributed by atoms with E-state index >= 15 is 0 Å². The van der Waals surface area contributed by atoms with E-state index in [-0.39, 0.29) is 23.7 Å². The van der Waals surface area contributed by atoms with E-state index in [1.54, 1.807) is 0 Å². The number of rotatable bonds is 4. The van der Waals surface area contributed by atoms with Gasteiger partial charge in [-0.2, -0.15) is 5.10 Å². The van der Waals surface area contributed by atoms with E-state index < -0.39 is 9.84 Å². The minimum absolute atomic E-state index is 0.0204. The number of nitrogens with zero attached hydrogens (tertiary/aromatic N) is 2. The van der Waals surface area contributed by atoms with E-state index in [0.717, 1.165) is 36.3 Å². The van der Waals surface area contributed by atoms with Crippen LogP contribution in [0, 0.1) is 13.8 Å². The summed E-state index contributed by atoms with van der Waals surface area (Å²) in [5.74, 6) is 0.472. The summed E-state index contributed by atoms with van der Waals surface area (Å²) in [5, 5.41) is 17.3. The number of aliphatic hydroxyl groups is 1. The van der Waals surface area contributed by atoms with Crippen molar-refractivity contribution in [2.75, 3.05) is 11.5 Å². The average Bonchev–Trinajstić information content (AvgIpc) is 2.85. The molecule has 1 aromatic rings. The van der Waals surface area contributed by atoms with E-state index in [1.165, 1.54) is 0 Å². The lowest BCUT2D eigenvalue weighted by atomic mass is 9.89. The summed E-state index contributed by atoms with van der Waals surface area (Å²) in [6.45, 7) is 4.71. The van der Waals surface area contributed by atoms with Crippen LogP contribution in [-0.2, 0) is 16.4 Å². The van der Waals surface area contributed by atoms with Crippen LogP contribution in [0.4, 0.5) is 0 Å². The van der Waals surface area contributed by atoms with Gasteiger partial charge in [0.25, 0.3) is 0 Å². The van der Waals surface area contributed by atoms with Crippen molar-refractivity contribution in [1.29, 1.82) is 0 Å². The van der Waals surface area contributed by atoms with Gasteiger partial charge in [0.15, 0.2) is 9.84 Å². The standard InChI is InChI=1S/C14H23N3O3S/c1-9-14(7-15-11-5-13(18)6-11)10(2)17(16-9)12-3-4-21(19,20)8-12/h11-13,15,18H,3-8H2,1-2H3. The van der Waals surface area contributed by atoms with Crippen LogP contribution in [0.25, 0.3) is 0 Å². The fourth-order valence-electron chi connectivity index (χ4n) is 3.28. The zero-order chi connectivity index (χ0) is 15.2. The van der Waals surface area contributed by atoms with Crippen LogP contribution < -0.4 is 5.32 Å². The Kier molecular flexibility index (Phi) is 3.83. The predicted molar refractivity (Wildman–Crippen MR) is 79.9 cm³/mol. The minimum Gasteiger partial charge on any atom is -0.393 e. The number of sulfone groups is 1. The highest BCUT2D eigenvalue weighted by Crippen LogP contribution is 2.27. The zero-order valence-electron chi connectivity index (χ0n) is 12.5. The van der Waals surface area contributed by atoms with Crippen LogP contribution in [0.2, 0.25) is 0 Å². The number of aryl methyl sites for hydroxylation is 1. The topological polar surface area (TPSA) is 84.2 Å². The first kappa shape index (κ1) is 15.0. The molecule has 1 saturated heterocycles. The molecule has 2 N–H and O–H groups in total. The first-order valence-corrected chi connectivity index (χ1v) is 9.34. The largest absolute Gasteiger partial charge is 0.393 e. The van der Waals surface area contributed by atoms with E-state index in [2.05, 4.69) is 10.4 Å². The van der Waals surface area contributed by atoms with Gasteiger partial charge in [0.1, 0.15) is 0 Å². The third kappa shape index (κ3) is 3.00. The zero-order valence-corrected chi connectivity index (χ0v) is 13.4. The summed E-state index contributed by atoms with van der Waals surface area (Å²) >= 11 is 0. The van der Waals surface area contributed by atoms with Gasteiger partial charge < -0.3 is 10.4 Å². The molecule has 1 aliphatic heterocycles. The van der Waals surface area contributed by atoms with E-state index in [9.17, 15) is 13.5 Å². The van der Waals surface area contributed by atoms with Gasteiger partial charge in [-0.15, -0.1) is 0 Å². The lowest BCUT2D eigenvalue weighted by Crippen LogP contribution is -2.43. The molecule has 118 valence electrons. The summed E-state index contributed by atoms with van der Waals surface area (Å²) in [4.78, 5) is 0. The second-order valence-electron chi connectivity index (χ2n) is 6.35. The van der Waals surface area contributed by atoms with E-state index in [0.29, 0.717) is 12.5 Å². The Morgan fingerprint density at radius 1 is 1.38 bits per heavy atom. The molecule has 2 fully saturated rings. The molecule has 2 heterocycles. The predicted octanol–water partition coefficient (Wildman–Crippen LogP) is 0.472. The van der Waals surface area contributed by atoms with Gasteiger partial charge in [-0.1, -0.05) is 0 Å².